The first-order chi connectivity index (χ1) is 18.2. The fourth-order valence-electron chi connectivity index (χ4n) is 8.67. The second-order valence-corrected chi connectivity index (χ2v) is 14.1. The molecule has 7 rings (SSSR count). The molecule has 1 aromatic carbocycles. The van der Waals surface area contributed by atoms with Crippen LogP contribution >= 0.6 is 15.9 Å². The molecule has 3 heterocycles. The molecule has 1 aromatic rings. The van der Waals surface area contributed by atoms with Crippen LogP contribution in [-0.4, -0.2) is 58.4 Å². The van der Waals surface area contributed by atoms with Gasteiger partial charge in [0.1, 0.15) is 5.54 Å². The van der Waals surface area contributed by atoms with Crippen LogP contribution in [0.3, 0.4) is 0 Å². The Morgan fingerprint density at radius 3 is 2.58 bits per heavy atom. The summed E-state index contributed by atoms with van der Waals surface area (Å²) in [4.78, 5) is 29.6. The molecule has 3 aliphatic heterocycles. The Kier molecular flexibility index (Phi) is 7.00. The summed E-state index contributed by atoms with van der Waals surface area (Å²) in [6, 6.07) is 10.3. The molecule has 0 aromatic heterocycles. The molecule has 4 bridgehead atoms. The van der Waals surface area contributed by atoms with E-state index < -0.39 is 12.7 Å². The van der Waals surface area contributed by atoms with Gasteiger partial charge in [-0.25, -0.2) is 0 Å². The first-order valence-electron chi connectivity index (χ1n) is 14.8. The number of alkyl halides is 1. The van der Waals surface area contributed by atoms with Crippen LogP contribution < -0.4 is 5.32 Å². The number of nitrogens with zero attached hydrogens (tertiary/aromatic N) is 1. The number of halogens is 1. The molecular weight excluding hydrogens is 543 g/mol. The van der Waals surface area contributed by atoms with Crippen LogP contribution in [0.1, 0.15) is 84.1 Å². The molecule has 0 spiro atoms. The van der Waals surface area contributed by atoms with Crippen molar-refractivity contribution < 1.29 is 18.9 Å². The van der Waals surface area contributed by atoms with Gasteiger partial charge < -0.3 is 19.5 Å². The Morgan fingerprint density at radius 2 is 1.89 bits per heavy atom. The molecule has 206 valence electrons. The van der Waals surface area contributed by atoms with Gasteiger partial charge in [0.2, 0.25) is 11.8 Å². The van der Waals surface area contributed by atoms with E-state index in [1.807, 2.05) is 23.1 Å². The van der Waals surface area contributed by atoms with Gasteiger partial charge >= 0.3 is 7.12 Å². The van der Waals surface area contributed by atoms with Crippen LogP contribution in [0.2, 0.25) is 0 Å². The number of benzene rings is 1. The quantitative estimate of drug-likeness (QED) is 0.325. The van der Waals surface area contributed by atoms with Crippen molar-refractivity contribution in [3.8, 4) is 0 Å². The first kappa shape index (κ1) is 26.8. The first-order valence-corrected chi connectivity index (χ1v) is 15.9. The Balaban J connectivity index is 1.16. The number of hydrogen-bond donors (Lipinski definition) is 1. The standard InChI is InChI=1S/C30H42BBrN2O4/c1-28(2)21-18-23(28)29(3)24(19-21)37-31(38-29)25(10-7-17-32)33-27(36)30-15-13-22(14-16-30)34(30)26(35)12-11-20-8-5-4-6-9-20/h4-6,8-9,21-25H,7,10-19H2,1-3H3,(H,33,36)/t21-,22?,23-,24+,25-,29-,30?/m0/s1. The van der Waals surface area contributed by atoms with Gasteiger partial charge in [0.05, 0.1) is 17.6 Å². The third-order valence-electron chi connectivity index (χ3n) is 11.0. The molecule has 38 heavy (non-hydrogen) atoms. The van der Waals surface area contributed by atoms with E-state index in [1.165, 1.54) is 6.42 Å². The summed E-state index contributed by atoms with van der Waals surface area (Å²) in [6.45, 7) is 6.97. The highest BCUT2D eigenvalue weighted by Crippen LogP contribution is 2.65. The number of carbonyl (C=O) groups is 2. The number of carbonyl (C=O) groups excluding carboxylic acids is 2. The Labute approximate surface area is 236 Å². The lowest BCUT2D eigenvalue weighted by Gasteiger charge is -2.64. The molecule has 3 saturated carbocycles. The lowest BCUT2D eigenvalue weighted by molar-refractivity contribution is -0.199. The molecular formula is C30H42BBrN2O4. The number of amides is 2. The van der Waals surface area contributed by atoms with Gasteiger partial charge in [-0.05, 0) is 87.5 Å². The van der Waals surface area contributed by atoms with E-state index >= 15 is 0 Å². The van der Waals surface area contributed by atoms with E-state index in [-0.39, 0.29) is 40.9 Å². The van der Waals surface area contributed by atoms with Crippen molar-refractivity contribution in [2.75, 3.05) is 5.33 Å². The molecule has 5 atom stereocenters. The number of nitrogens with one attached hydrogen (secondary N) is 1. The fraction of sp³-hybridized carbons (Fsp3) is 0.733. The monoisotopic (exact) mass is 584 g/mol. The van der Waals surface area contributed by atoms with Gasteiger partial charge in [0, 0.05) is 17.8 Å². The van der Waals surface area contributed by atoms with Crippen molar-refractivity contribution in [1.82, 2.24) is 10.2 Å². The van der Waals surface area contributed by atoms with Crippen molar-refractivity contribution in [3.63, 3.8) is 0 Å². The van der Waals surface area contributed by atoms with Crippen molar-refractivity contribution >= 4 is 34.9 Å². The SMILES string of the molecule is CC1(C)[C@@H]2C[C@H]3OB([C@H](CCCBr)NC(=O)C45CCC(CC4)N5C(=O)CCc4ccccc4)O[C@@]3(C)[C@H]1C2. The second kappa shape index (κ2) is 9.92. The van der Waals surface area contributed by atoms with Crippen LogP contribution in [0.4, 0.5) is 0 Å². The van der Waals surface area contributed by atoms with Crippen molar-refractivity contribution in [1.29, 1.82) is 0 Å². The van der Waals surface area contributed by atoms with E-state index in [9.17, 15) is 9.59 Å². The van der Waals surface area contributed by atoms with Gasteiger partial charge in [-0.3, -0.25) is 9.59 Å². The summed E-state index contributed by atoms with van der Waals surface area (Å²) in [6.07, 6.45) is 8.48. The predicted molar refractivity (Wildman–Crippen MR) is 152 cm³/mol. The average molecular weight is 585 g/mol. The third-order valence-corrected chi connectivity index (χ3v) is 11.6. The van der Waals surface area contributed by atoms with Crippen LogP contribution in [0, 0.1) is 17.3 Å². The lowest BCUT2D eigenvalue weighted by Crippen LogP contribution is -2.65. The number of hydrogen-bond acceptors (Lipinski definition) is 4. The summed E-state index contributed by atoms with van der Waals surface area (Å²) in [5.41, 5.74) is 0.404. The zero-order chi connectivity index (χ0) is 26.7. The van der Waals surface area contributed by atoms with Crippen LogP contribution in [0.25, 0.3) is 0 Å². The Bertz CT molecular complexity index is 1060. The minimum absolute atomic E-state index is 0.0120. The van der Waals surface area contributed by atoms with Crippen LogP contribution in [0.5, 0.6) is 0 Å². The van der Waals surface area contributed by atoms with Gasteiger partial charge in [0.25, 0.3) is 0 Å². The fourth-order valence-corrected chi connectivity index (χ4v) is 8.99. The van der Waals surface area contributed by atoms with E-state index in [4.69, 9.17) is 9.31 Å². The smallest absolute Gasteiger partial charge is 0.404 e. The molecule has 6 fully saturated rings. The van der Waals surface area contributed by atoms with Gasteiger partial charge in [-0.15, -0.1) is 0 Å². The Morgan fingerprint density at radius 1 is 1.16 bits per heavy atom. The molecule has 3 saturated heterocycles. The minimum Gasteiger partial charge on any atom is -0.404 e. The van der Waals surface area contributed by atoms with Crippen molar-refractivity contribution in [3.05, 3.63) is 35.9 Å². The number of fused-ring (bicyclic) bond motifs is 2. The molecule has 6 nitrogen and oxygen atoms in total. The van der Waals surface area contributed by atoms with E-state index in [1.54, 1.807) is 0 Å². The predicted octanol–water partition coefficient (Wildman–Crippen LogP) is 5.07. The van der Waals surface area contributed by atoms with Crippen LogP contribution in [0.15, 0.2) is 30.3 Å². The average Bonchev–Trinajstić information content (AvgIpc) is 3.59. The Hall–Kier alpha value is -1.38. The van der Waals surface area contributed by atoms with Crippen molar-refractivity contribution in [2.24, 2.45) is 17.3 Å². The zero-order valence-electron chi connectivity index (χ0n) is 23.1. The van der Waals surface area contributed by atoms with E-state index in [0.717, 1.165) is 55.8 Å². The summed E-state index contributed by atoms with van der Waals surface area (Å²) >= 11 is 3.57. The summed E-state index contributed by atoms with van der Waals surface area (Å²) < 4.78 is 13.4. The van der Waals surface area contributed by atoms with E-state index in [0.29, 0.717) is 24.7 Å². The second-order valence-electron chi connectivity index (χ2n) is 13.3. The molecule has 1 N–H and O–H groups in total. The maximum Gasteiger partial charge on any atom is 0.481 e. The zero-order valence-corrected chi connectivity index (χ0v) is 24.7. The normalized spacial score (nSPS) is 37.1. The number of aryl methyl sites for hydroxylation is 1. The van der Waals surface area contributed by atoms with Crippen LogP contribution in [-0.2, 0) is 25.3 Å². The third kappa shape index (κ3) is 4.19. The summed E-state index contributed by atoms with van der Waals surface area (Å²) in [5.74, 6) is 1.04. The maximum atomic E-state index is 14.1. The topological polar surface area (TPSA) is 67.9 Å². The molecule has 0 unspecified atom stereocenters. The molecule has 6 aliphatic rings. The van der Waals surface area contributed by atoms with Crippen molar-refractivity contribution in [2.45, 2.75) is 114 Å². The molecule has 3 aliphatic carbocycles. The molecule has 0 radical (unpaired) electrons. The van der Waals surface area contributed by atoms with E-state index in [2.05, 4.69) is 54.2 Å². The maximum absolute atomic E-state index is 14.1. The van der Waals surface area contributed by atoms with Gasteiger partial charge in [0.15, 0.2) is 0 Å². The summed E-state index contributed by atoms with van der Waals surface area (Å²) in [7, 11) is -0.444. The largest absolute Gasteiger partial charge is 0.481 e. The highest BCUT2D eigenvalue weighted by atomic mass is 79.9. The molecule has 2 amide bonds. The number of rotatable bonds is 9. The molecule has 8 heteroatoms. The highest BCUT2D eigenvalue weighted by Gasteiger charge is 2.69. The van der Waals surface area contributed by atoms with Gasteiger partial charge in [-0.1, -0.05) is 60.1 Å². The lowest BCUT2D eigenvalue weighted by atomic mass is 9.43. The minimum atomic E-state index is -0.732. The van der Waals surface area contributed by atoms with Gasteiger partial charge in [-0.2, -0.15) is 0 Å². The highest BCUT2D eigenvalue weighted by molar-refractivity contribution is 9.09. The summed E-state index contributed by atoms with van der Waals surface area (Å²) in [5, 5.41) is 4.25.